The van der Waals surface area contributed by atoms with Gasteiger partial charge in [-0.15, -0.1) is 0 Å². The van der Waals surface area contributed by atoms with E-state index >= 15 is 0 Å². The first kappa shape index (κ1) is 13.7. The molecular weight excluding hydrogens is 260 g/mol. The highest BCUT2D eigenvalue weighted by molar-refractivity contribution is 5.94. The van der Waals surface area contributed by atoms with Gasteiger partial charge in [-0.2, -0.15) is 0 Å². The van der Waals surface area contributed by atoms with E-state index in [0.29, 0.717) is 5.75 Å². The summed E-state index contributed by atoms with van der Waals surface area (Å²) in [5.74, 6) is 0.225. The lowest BCUT2D eigenvalue weighted by atomic mass is 10.2. The lowest BCUT2D eigenvalue weighted by Crippen LogP contribution is -2.03. The molecule has 0 spiro atoms. The Bertz CT molecular complexity index is 638. The number of Topliss-reactive ketones (excluding diaryl/α,β-unsaturated/α-hetero) is 1. The van der Waals surface area contributed by atoms with Crippen LogP contribution in [-0.2, 0) is 6.61 Å². The number of pyridine rings is 1. The molecule has 1 heterocycles. The zero-order valence-corrected chi connectivity index (χ0v) is 10.8. The number of nitro groups is 1. The van der Waals surface area contributed by atoms with E-state index in [9.17, 15) is 14.9 Å². The van der Waals surface area contributed by atoms with Crippen LogP contribution in [0.5, 0.6) is 5.75 Å². The number of ketones is 1. The second-order valence-electron chi connectivity index (χ2n) is 4.12. The van der Waals surface area contributed by atoms with Gasteiger partial charge in [-0.25, -0.2) is 4.98 Å². The molecule has 0 N–H and O–H groups in total. The number of nitro benzene ring substituents is 1. The van der Waals surface area contributed by atoms with E-state index in [1.807, 2.05) is 0 Å². The molecule has 1 aromatic heterocycles. The predicted octanol–water partition coefficient (Wildman–Crippen LogP) is 2.77. The first-order chi connectivity index (χ1) is 9.58. The topological polar surface area (TPSA) is 82.3 Å². The highest BCUT2D eigenvalue weighted by Crippen LogP contribution is 2.18. The number of benzene rings is 1. The standard InChI is InChI=1S/C14H12N2O4/c1-10(17)14-13(3-2-8-15-14)20-9-11-4-6-12(7-5-11)16(18)19/h2-8H,9H2,1H3. The van der Waals surface area contributed by atoms with Gasteiger partial charge in [-0.1, -0.05) is 0 Å². The summed E-state index contributed by atoms with van der Waals surface area (Å²) >= 11 is 0. The molecule has 0 atom stereocenters. The van der Waals surface area contributed by atoms with Gasteiger partial charge in [0.1, 0.15) is 18.1 Å². The molecule has 102 valence electrons. The quantitative estimate of drug-likeness (QED) is 0.475. The van der Waals surface area contributed by atoms with Gasteiger partial charge in [-0.05, 0) is 29.8 Å². The number of carbonyl (C=O) groups is 1. The van der Waals surface area contributed by atoms with Crippen molar-refractivity contribution < 1.29 is 14.5 Å². The Balaban J connectivity index is 2.09. The SMILES string of the molecule is CC(=O)c1ncccc1OCc1ccc([N+](=O)[O-])cc1. The molecule has 0 amide bonds. The maximum atomic E-state index is 11.4. The highest BCUT2D eigenvalue weighted by atomic mass is 16.6. The highest BCUT2D eigenvalue weighted by Gasteiger charge is 2.10. The summed E-state index contributed by atoms with van der Waals surface area (Å²) < 4.78 is 5.53. The minimum Gasteiger partial charge on any atom is -0.487 e. The summed E-state index contributed by atoms with van der Waals surface area (Å²) in [5.41, 5.74) is 1.07. The van der Waals surface area contributed by atoms with E-state index in [4.69, 9.17) is 4.74 Å². The van der Waals surface area contributed by atoms with Crippen molar-refractivity contribution in [2.75, 3.05) is 0 Å². The Morgan fingerprint density at radius 3 is 2.60 bits per heavy atom. The fourth-order valence-electron chi connectivity index (χ4n) is 1.65. The zero-order valence-electron chi connectivity index (χ0n) is 10.8. The Hall–Kier alpha value is -2.76. The van der Waals surface area contributed by atoms with E-state index in [1.54, 1.807) is 24.3 Å². The molecule has 0 aliphatic rings. The first-order valence-electron chi connectivity index (χ1n) is 5.90. The maximum Gasteiger partial charge on any atom is 0.269 e. The van der Waals surface area contributed by atoms with Gasteiger partial charge < -0.3 is 4.74 Å². The minimum atomic E-state index is -0.459. The van der Waals surface area contributed by atoms with E-state index in [1.165, 1.54) is 25.3 Å². The lowest BCUT2D eigenvalue weighted by Gasteiger charge is -2.08. The number of nitrogens with zero attached hydrogens (tertiary/aromatic N) is 2. The van der Waals surface area contributed by atoms with Crippen molar-refractivity contribution in [3.05, 3.63) is 64.0 Å². The predicted molar refractivity (Wildman–Crippen MR) is 71.7 cm³/mol. The third-order valence-electron chi connectivity index (χ3n) is 2.65. The van der Waals surface area contributed by atoms with E-state index < -0.39 is 4.92 Å². The van der Waals surface area contributed by atoms with Crippen molar-refractivity contribution >= 4 is 11.5 Å². The van der Waals surface area contributed by atoms with Gasteiger partial charge >= 0.3 is 0 Å². The number of aromatic nitrogens is 1. The molecule has 0 radical (unpaired) electrons. The molecule has 6 nitrogen and oxygen atoms in total. The van der Waals surface area contributed by atoms with Crippen LogP contribution >= 0.6 is 0 Å². The second kappa shape index (κ2) is 5.92. The number of hydrogen-bond acceptors (Lipinski definition) is 5. The van der Waals surface area contributed by atoms with Crippen LogP contribution in [0.3, 0.4) is 0 Å². The van der Waals surface area contributed by atoms with Crippen LogP contribution in [0, 0.1) is 10.1 Å². The fraction of sp³-hybridized carbons (Fsp3) is 0.143. The number of ether oxygens (including phenoxy) is 1. The minimum absolute atomic E-state index is 0.0274. The summed E-state index contributed by atoms with van der Waals surface area (Å²) in [5, 5.41) is 10.5. The average Bonchev–Trinajstić information content (AvgIpc) is 2.45. The van der Waals surface area contributed by atoms with Crippen molar-refractivity contribution in [3.8, 4) is 5.75 Å². The van der Waals surface area contributed by atoms with Crippen LogP contribution in [0.2, 0.25) is 0 Å². The van der Waals surface area contributed by atoms with Crippen molar-refractivity contribution in [2.24, 2.45) is 0 Å². The van der Waals surface area contributed by atoms with Gasteiger partial charge in [0.15, 0.2) is 5.78 Å². The third kappa shape index (κ3) is 3.17. The van der Waals surface area contributed by atoms with E-state index in [-0.39, 0.29) is 23.8 Å². The Morgan fingerprint density at radius 2 is 2.00 bits per heavy atom. The average molecular weight is 272 g/mol. The van der Waals surface area contributed by atoms with Gasteiger partial charge in [0.2, 0.25) is 0 Å². The van der Waals surface area contributed by atoms with Crippen molar-refractivity contribution in [1.82, 2.24) is 4.98 Å². The van der Waals surface area contributed by atoms with Crippen LogP contribution in [-0.4, -0.2) is 15.7 Å². The normalized spacial score (nSPS) is 10.1. The fourth-order valence-corrected chi connectivity index (χ4v) is 1.65. The van der Waals surface area contributed by atoms with Gasteiger partial charge in [0.25, 0.3) is 5.69 Å². The van der Waals surface area contributed by atoms with Gasteiger partial charge in [0.05, 0.1) is 4.92 Å². The van der Waals surface area contributed by atoms with Crippen molar-refractivity contribution in [1.29, 1.82) is 0 Å². The molecule has 6 heteroatoms. The molecule has 2 rings (SSSR count). The van der Waals surface area contributed by atoms with Crippen molar-refractivity contribution in [2.45, 2.75) is 13.5 Å². The second-order valence-corrected chi connectivity index (χ2v) is 4.12. The smallest absolute Gasteiger partial charge is 0.269 e. The molecule has 1 aromatic carbocycles. The summed E-state index contributed by atoms with van der Waals surface area (Å²) in [7, 11) is 0. The van der Waals surface area contributed by atoms with E-state index in [0.717, 1.165) is 5.56 Å². The molecule has 0 bridgehead atoms. The number of rotatable bonds is 5. The van der Waals surface area contributed by atoms with Crippen LogP contribution in [0.15, 0.2) is 42.6 Å². The molecule has 0 aliphatic heterocycles. The molecule has 0 saturated carbocycles. The molecule has 0 unspecified atom stereocenters. The van der Waals surface area contributed by atoms with Crippen LogP contribution in [0.4, 0.5) is 5.69 Å². The molecule has 20 heavy (non-hydrogen) atoms. The summed E-state index contributed by atoms with van der Waals surface area (Å²) in [6.07, 6.45) is 1.52. The van der Waals surface area contributed by atoms with Crippen molar-refractivity contribution in [3.63, 3.8) is 0 Å². The Morgan fingerprint density at radius 1 is 1.30 bits per heavy atom. The van der Waals surface area contributed by atoms with Gasteiger partial charge in [0, 0.05) is 25.3 Å². The summed E-state index contributed by atoms with van der Waals surface area (Å²) in [4.78, 5) is 25.4. The van der Waals surface area contributed by atoms with Crippen LogP contribution in [0.25, 0.3) is 0 Å². The molecular formula is C14H12N2O4. The van der Waals surface area contributed by atoms with Crippen LogP contribution in [0.1, 0.15) is 23.0 Å². The molecule has 0 fully saturated rings. The number of hydrogen-bond donors (Lipinski definition) is 0. The molecule has 0 saturated heterocycles. The van der Waals surface area contributed by atoms with Gasteiger partial charge in [-0.3, -0.25) is 14.9 Å². The third-order valence-corrected chi connectivity index (χ3v) is 2.65. The van der Waals surface area contributed by atoms with E-state index in [2.05, 4.69) is 4.98 Å². The molecule has 2 aromatic rings. The Kier molecular flexibility index (Phi) is 4.05. The van der Waals surface area contributed by atoms with Crippen LogP contribution < -0.4 is 4.74 Å². The summed E-state index contributed by atoms with van der Waals surface area (Å²) in [6, 6.07) is 9.39. The lowest BCUT2D eigenvalue weighted by molar-refractivity contribution is -0.384. The summed E-state index contributed by atoms with van der Waals surface area (Å²) in [6.45, 7) is 1.63. The zero-order chi connectivity index (χ0) is 14.5. The number of carbonyl (C=O) groups excluding carboxylic acids is 1. The Labute approximate surface area is 115 Å². The maximum absolute atomic E-state index is 11.4. The first-order valence-corrected chi connectivity index (χ1v) is 5.90. The monoisotopic (exact) mass is 272 g/mol. The largest absolute Gasteiger partial charge is 0.487 e. The molecule has 0 aliphatic carbocycles. The number of non-ortho nitro benzene ring substituents is 1.